The molecule has 2 rings (SSSR count). The molecule has 0 spiro atoms. The summed E-state index contributed by atoms with van der Waals surface area (Å²) >= 11 is 0. The molecule has 1 aliphatic rings. The Balaban J connectivity index is 1.99. The molecule has 1 aliphatic heterocycles. The van der Waals surface area contributed by atoms with Gasteiger partial charge < -0.3 is 15.0 Å². The van der Waals surface area contributed by atoms with Crippen molar-refractivity contribution in [1.82, 2.24) is 10.2 Å². The molecule has 0 radical (unpaired) electrons. The van der Waals surface area contributed by atoms with Crippen molar-refractivity contribution >= 4 is 5.91 Å². The van der Waals surface area contributed by atoms with Gasteiger partial charge in [0.05, 0.1) is 0 Å². The Bertz CT molecular complexity index is 453. The molecule has 1 amide bonds. The van der Waals surface area contributed by atoms with E-state index in [0.29, 0.717) is 12.3 Å². The van der Waals surface area contributed by atoms with Crippen molar-refractivity contribution in [2.45, 2.75) is 26.0 Å². The van der Waals surface area contributed by atoms with E-state index in [1.807, 2.05) is 6.92 Å². The maximum Gasteiger partial charge on any atom is 0.263 e. The molecule has 0 aliphatic carbocycles. The van der Waals surface area contributed by atoms with Crippen LogP contribution in [0.25, 0.3) is 0 Å². The van der Waals surface area contributed by atoms with E-state index in [4.69, 9.17) is 4.74 Å². The molecule has 2 atom stereocenters. The van der Waals surface area contributed by atoms with Crippen LogP contribution in [0.3, 0.4) is 0 Å². The van der Waals surface area contributed by atoms with Gasteiger partial charge in [0, 0.05) is 31.7 Å². The number of amides is 1. The number of rotatable bonds is 3. The van der Waals surface area contributed by atoms with Gasteiger partial charge >= 0.3 is 0 Å². The first-order chi connectivity index (χ1) is 9.08. The number of hydrogen-bond acceptors (Lipinski definition) is 3. The number of nitrogens with one attached hydrogen (secondary N) is 1. The van der Waals surface area contributed by atoms with Crippen LogP contribution in [0, 0.1) is 5.82 Å². The van der Waals surface area contributed by atoms with E-state index >= 15 is 0 Å². The van der Waals surface area contributed by atoms with E-state index in [9.17, 15) is 9.18 Å². The number of hydrogen-bond donors (Lipinski definition) is 1. The van der Waals surface area contributed by atoms with Crippen LogP contribution >= 0.6 is 0 Å². The number of piperazine rings is 1. The zero-order chi connectivity index (χ0) is 13.8. The highest BCUT2D eigenvalue weighted by Crippen LogP contribution is 2.15. The van der Waals surface area contributed by atoms with Crippen LogP contribution in [0.5, 0.6) is 5.75 Å². The quantitative estimate of drug-likeness (QED) is 0.899. The van der Waals surface area contributed by atoms with Crippen molar-refractivity contribution in [3.8, 4) is 5.75 Å². The maximum absolute atomic E-state index is 13.1. The first kappa shape index (κ1) is 13.8. The Morgan fingerprint density at radius 2 is 2.37 bits per heavy atom. The highest BCUT2D eigenvalue weighted by atomic mass is 19.1. The van der Waals surface area contributed by atoms with Crippen LogP contribution in [-0.4, -0.2) is 42.6 Å². The summed E-state index contributed by atoms with van der Waals surface area (Å²) in [6.45, 7) is 5.96. The lowest BCUT2D eigenvalue weighted by Gasteiger charge is -2.35. The highest BCUT2D eigenvalue weighted by molar-refractivity contribution is 5.81. The van der Waals surface area contributed by atoms with Gasteiger partial charge in [0.15, 0.2) is 6.10 Å². The van der Waals surface area contributed by atoms with E-state index in [1.165, 1.54) is 12.1 Å². The molecule has 1 aromatic rings. The normalized spacial score (nSPS) is 21.0. The topological polar surface area (TPSA) is 41.6 Å². The average Bonchev–Trinajstić information content (AvgIpc) is 2.38. The molecular formula is C14H19FN2O2. The molecule has 1 saturated heterocycles. The number of carbonyl (C=O) groups is 1. The number of halogens is 1. The second-order valence-corrected chi connectivity index (χ2v) is 4.80. The third-order valence-electron chi connectivity index (χ3n) is 3.24. The fraction of sp³-hybridized carbons (Fsp3) is 0.500. The summed E-state index contributed by atoms with van der Waals surface area (Å²) < 4.78 is 18.6. The Labute approximate surface area is 112 Å². The molecule has 0 aromatic heterocycles. The lowest BCUT2D eigenvalue weighted by atomic mass is 10.2. The highest BCUT2D eigenvalue weighted by Gasteiger charge is 2.27. The standard InChI is InChI=1S/C14H19FN2O2/c1-10-9-16-6-7-17(10)14(18)11(2)19-13-5-3-4-12(15)8-13/h3-5,8,10-11,16H,6-7,9H2,1-2H3/t10-,11?/m1/s1. The summed E-state index contributed by atoms with van der Waals surface area (Å²) in [6, 6.07) is 5.99. The molecule has 104 valence electrons. The van der Waals surface area contributed by atoms with E-state index in [-0.39, 0.29) is 17.8 Å². The van der Waals surface area contributed by atoms with Crippen molar-refractivity contribution in [3.63, 3.8) is 0 Å². The molecule has 1 unspecified atom stereocenters. The molecule has 1 heterocycles. The van der Waals surface area contributed by atoms with Crippen molar-refractivity contribution in [3.05, 3.63) is 30.1 Å². The minimum absolute atomic E-state index is 0.0572. The minimum atomic E-state index is -0.609. The number of ether oxygens (including phenoxy) is 1. The van der Waals surface area contributed by atoms with Crippen LogP contribution in [0.1, 0.15) is 13.8 Å². The zero-order valence-corrected chi connectivity index (χ0v) is 11.2. The summed E-state index contributed by atoms with van der Waals surface area (Å²) in [4.78, 5) is 14.1. The monoisotopic (exact) mass is 266 g/mol. The van der Waals surface area contributed by atoms with E-state index in [1.54, 1.807) is 24.0 Å². The molecule has 1 N–H and O–H groups in total. The molecule has 0 saturated carbocycles. The lowest BCUT2D eigenvalue weighted by molar-refractivity contribution is -0.140. The molecular weight excluding hydrogens is 247 g/mol. The van der Waals surface area contributed by atoms with E-state index < -0.39 is 6.10 Å². The second-order valence-electron chi connectivity index (χ2n) is 4.80. The average molecular weight is 266 g/mol. The predicted octanol–water partition coefficient (Wildman–Crippen LogP) is 1.41. The summed E-state index contributed by atoms with van der Waals surface area (Å²) in [7, 11) is 0. The van der Waals surface area contributed by atoms with Crippen LogP contribution < -0.4 is 10.1 Å². The van der Waals surface area contributed by atoms with Gasteiger partial charge in [-0.15, -0.1) is 0 Å². The summed E-state index contributed by atoms with van der Waals surface area (Å²) in [6.07, 6.45) is -0.609. The van der Waals surface area contributed by atoms with Gasteiger partial charge in [-0.25, -0.2) is 4.39 Å². The van der Waals surface area contributed by atoms with Crippen molar-refractivity contribution in [2.75, 3.05) is 19.6 Å². The minimum Gasteiger partial charge on any atom is -0.481 e. The summed E-state index contributed by atoms with van der Waals surface area (Å²) in [5, 5.41) is 3.23. The summed E-state index contributed by atoms with van der Waals surface area (Å²) in [5.41, 5.74) is 0. The van der Waals surface area contributed by atoms with Gasteiger partial charge in [-0.05, 0) is 26.0 Å². The Morgan fingerprint density at radius 1 is 1.58 bits per heavy atom. The molecule has 0 bridgehead atoms. The van der Waals surface area contributed by atoms with Crippen molar-refractivity contribution < 1.29 is 13.9 Å². The Morgan fingerprint density at radius 3 is 3.05 bits per heavy atom. The van der Waals surface area contributed by atoms with Gasteiger partial charge in [-0.2, -0.15) is 0 Å². The maximum atomic E-state index is 13.1. The fourth-order valence-corrected chi connectivity index (χ4v) is 2.20. The predicted molar refractivity (Wildman–Crippen MR) is 70.5 cm³/mol. The fourth-order valence-electron chi connectivity index (χ4n) is 2.20. The van der Waals surface area contributed by atoms with Gasteiger partial charge in [0.25, 0.3) is 5.91 Å². The lowest BCUT2D eigenvalue weighted by Crippen LogP contribution is -2.55. The SMILES string of the molecule is CC(Oc1cccc(F)c1)C(=O)N1CCNC[C@H]1C. The van der Waals surface area contributed by atoms with Crippen LogP contribution in [0.4, 0.5) is 4.39 Å². The van der Waals surface area contributed by atoms with Gasteiger partial charge in [-0.1, -0.05) is 6.07 Å². The van der Waals surface area contributed by atoms with Gasteiger partial charge in [0.1, 0.15) is 11.6 Å². The first-order valence-corrected chi connectivity index (χ1v) is 6.51. The van der Waals surface area contributed by atoms with E-state index in [2.05, 4.69) is 5.32 Å². The number of benzene rings is 1. The smallest absolute Gasteiger partial charge is 0.263 e. The summed E-state index contributed by atoms with van der Waals surface area (Å²) in [5.74, 6) is -0.0467. The van der Waals surface area contributed by atoms with Crippen LogP contribution in [0.2, 0.25) is 0 Å². The molecule has 5 heteroatoms. The molecule has 1 fully saturated rings. The van der Waals surface area contributed by atoms with Crippen LogP contribution in [0.15, 0.2) is 24.3 Å². The third-order valence-corrected chi connectivity index (χ3v) is 3.24. The third kappa shape index (κ3) is 3.44. The van der Waals surface area contributed by atoms with Gasteiger partial charge in [0.2, 0.25) is 0 Å². The second kappa shape index (κ2) is 6.02. The van der Waals surface area contributed by atoms with Gasteiger partial charge in [-0.3, -0.25) is 4.79 Å². The number of nitrogens with zero attached hydrogens (tertiary/aromatic N) is 1. The van der Waals surface area contributed by atoms with Crippen molar-refractivity contribution in [2.24, 2.45) is 0 Å². The number of carbonyl (C=O) groups excluding carboxylic acids is 1. The molecule has 4 nitrogen and oxygen atoms in total. The van der Waals surface area contributed by atoms with E-state index in [0.717, 1.165) is 13.1 Å². The Hall–Kier alpha value is -1.62. The van der Waals surface area contributed by atoms with Crippen molar-refractivity contribution in [1.29, 1.82) is 0 Å². The molecule has 19 heavy (non-hydrogen) atoms. The molecule has 1 aromatic carbocycles. The Kier molecular flexibility index (Phi) is 4.37. The largest absolute Gasteiger partial charge is 0.481 e. The first-order valence-electron chi connectivity index (χ1n) is 6.51. The zero-order valence-electron chi connectivity index (χ0n) is 11.2. The van der Waals surface area contributed by atoms with Crippen LogP contribution in [-0.2, 0) is 4.79 Å².